The molecular weight excluding hydrogens is 380 g/mol. The second-order valence-electron chi connectivity index (χ2n) is 3.34. The SMILES string of the molecule is FC(F)(F)c1nccs1.NC(=O)c1sc(Cl)nc1C(F)(F)F. The van der Waals surface area contributed by atoms with E-state index in [0.717, 1.165) is 6.20 Å². The van der Waals surface area contributed by atoms with E-state index in [4.69, 9.17) is 17.3 Å². The number of halogens is 7. The van der Waals surface area contributed by atoms with E-state index in [-0.39, 0.29) is 4.47 Å². The third-order valence-electron chi connectivity index (χ3n) is 1.77. The normalized spacial score (nSPS) is 11.8. The zero-order chi connectivity index (χ0) is 17.1. The van der Waals surface area contributed by atoms with E-state index in [1.165, 1.54) is 5.38 Å². The van der Waals surface area contributed by atoms with Gasteiger partial charge in [-0.2, -0.15) is 26.3 Å². The first-order chi connectivity index (χ1) is 9.93. The van der Waals surface area contributed by atoms with Crippen LogP contribution in [0.4, 0.5) is 26.3 Å². The van der Waals surface area contributed by atoms with E-state index in [9.17, 15) is 31.1 Å². The molecule has 2 heterocycles. The van der Waals surface area contributed by atoms with Crippen molar-refractivity contribution in [3.8, 4) is 0 Å². The minimum Gasteiger partial charge on any atom is -0.365 e. The number of hydrogen-bond acceptors (Lipinski definition) is 5. The summed E-state index contributed by atoms with van der Waals surface area (Å²) in [6.45, 7) is 0. The molecule has 22 heavy (non-hydrogen) atoms. The quantitative estimate of drug-likeness (QED) is 0.754. The average molecular weight is 384 g/mol. The van der Waals surface area contributed by atoms with Crippen molar-refractivity contribution in [3.63, 3.8) is 0 Å². The minimum atomic E-state index is -4.70. The van der Waals surface area contributed by atoms with Crippen molar-refractivity contribution in [2.24, 2.45) is 5.73 Å². The second-order valence-corrected chi connectivity index (χ2v) is 5.82. The highest BCUT2D eigenvalue weighted by molar-refractivity contribution is 7.17. The third-order valence-corrected chi connectivity index (χ3v) is 3.76. The lowest BCUT2D eigenvalue weighted by Crippen LogP contribution is -2.16. The van der Waals surface area contributed by atoms with Crippen LogP contribution in [-0.2, 0) is 12.4 Å². The van der Waals surface area contributed by atoms with Crippen molar-refractivity contribution in [1.82, 2.24) is 9.97 Å². The van der Waals surface area contributed by atoms with Gasteiger partial charge in [-0.05, 0) is 0 Å². The summed E-state index contributed by atoms with van der Waals surface area (Å²) >= 11 is 6.22. The molecule has 4 nitrogen and oxygen atoms in total. The number of primary amides is 1. The highest BCUT2D eigenvalue weighted by Gasteiger charge is 2.39. The van der Waals surface area contributed by atoms with Gasteiger partial charge in [-0.3, -0.25) is 4.79 Å². The van der Waals surface area contributed by atoms with Gasteiger partial charge >= 0.3 is 12.4 Å². The van der Waals surface area contributed by atoms with Crippen LogP contribution in [0.15, 0.2) is 11.6 Å². The number of thiazole rings is 2. The monoisotopic (exact) mass is 383 g/mol. The third kappa shape index (κ3) is 5.10. The molecule has 0 spiro atoms. The molecule has 1 amide bonds. The van der Waals surface area contributed by atoms with Crippen LogP contribution in [0.3, 0.4) is 0 Å². The molecular formula is C9H4ClF6N3OS2. The first-order valence-corrected chi connectivity index (χ1v) is 7.00. The lowest BCUT2D eigenvalue weighted by molar-refractivity contribution is -0.141. The van der Waals surface area contributed by atoms with Crippen molar-refractivity contribution in [3.05, 3.63) is 31.6 Å². The Morgan fingerprint density at radius 1 is 1.18 bits per heavy atom. The van der Waals surface area contributed by atoms with Crippen LogP contribution in [0, 0.1) is 0 Å². The van der Waals surface area contributed by atoms with Crippen molar-refractivity contribution in [1.29, 1.82) is 0 Å². The average Bonchev–Trinajstić information content (AvgIpc) is 2.95. The first-order valence-electron chi connectivity index (χ1n) is 4.93. The van der Waals surface area contributed by atoms with E-state index >= 15 is 0 Å². The summed E-state index contributed by atoms with van der Waals surface area (Å²) in [5, 5.41) is 0.505. The van der Waals surface area contributed by atoms with Gasteiger partial charge in [0.05, 0.1) is 0 Å². The summed E-state index contributed by atoms with van der Waals surface area (Å²) in [6.07, 6.45) is -7.84. The number of carbonyl (C=O) groups is 1. The predicted octanol–water partition coefficient (Wildman–Crippen LogP) is 4.08. The van der Waals surface area contributed by atoms with Crippen molar-refractivity contribution in [2.75, 3.05) is 0 Å². The molecule has 0 bridgehead atoms. The highest BCUT2D eigenvalue weighted by Crippen LogP contribution is 2.35. The van der Waals surface area contributed by atoms with Crippen LogP contribution in [0.25, 0.3) is 0 Å². The summed E-state index contributed by atoms with van der Waals surface area (Å²) in [4.78, 5) is 15.9. The van der Waals surface area contributed by atoms with Gasteiger partial charge in [0.1, 0.15) is 4.88 Å². The fourth-order valence-electron chi connectivity index (χ4n) is 1.02. The molecule has 2 N–H and O–H groups in total. The van der Waals surface area contributed by atoms with Gasteiger partial charge in [-0.1, -0.05) is 22.9 Å². The summed E-state index contributed by atoms with van der Waals surface area (Å²) in [5.41, 5.74) is 3.37. The number of hydrogen-bond donors (Lipinski definition) is 1. The molecule has 0 fully saturated rings. The molecule has 0 saturated heterocycles. The van der Waals surface area contributed by atoms with Crippen LogP contribution >= 0.6 is 34.3 Å². The molecule has 0 aliphatic carbocycles. The number of aromatic nitrogens is 2. The zero-order valence-electron chi connectivity index (χ0n) is 10.00. The van der Waals surface area contributed by atoms with Crippen LogP contribution in [0.5, 0.6) is 0 Å². The molecule has 0 unspecified atom stereocenters. The molecule has 0 aromatic carbocycles. The number of nitrogens with zero attached hydrogens (tertiary/aromatic N) is 2. The van der Waals surface area contributed by atoms with E-state index in [0.29, 0.717) is 22.7 Å². The van der Waals surface area contributed by atoms with Gasteiger partial charge in [0, 0.05) is 11.6 Å². The molecule has 0 atom stereocenters. The van der Waals surface area contributed by atoms with Gasteiger partial charge in [0.2, 0.25) is 0 Å². The number of rotatable bonds is 1. The van der Waals surface area contributed by atoms with Gasteiger partial charge < -0.3 is 5.73 Å². The summed E-state index contributed by atoms with van der Waals surface area (Å²) in [7, 11) is 0. The molecule has 122 valence electrons. The molecule has 0 aliphatic rings. The maximum atomic E-state index is 12.1. The summed E-state index contributed by atoms with van der Waals surface area (Å²) in [6, 6.07) is 0. The lowest BCUT2D eigenvalue weighted by Gasteiger charge is -2.02. The minimum absolute atomic E-state index is 0.360. The Hall–Kier alpha value is -1.40. The molecule has 2 aromatic heterocycles. The predicted molar refractivity (Wildman–Crippen MR) is 67.8 cm³/mol. The van der Waals surface area contributed by atoms with Gasteiger partial charge in [0.25, 0.3) is 5.91 Å². The number of alkyl halides is 6. The number of carbonyl (C=O) groups excluding carboxylic acids is 1. The standard InChI is InChI=1S/C5H2ClF3N2OS.C4H2F3NS/c6-4-11-2(5(7,8)9)1(13-4)3(10)12;5-4(6,7)3-8-1-2-9-3/h(H2,10,12);1-2H. The van der Waals surface area contributed by atoms with Crippen LogP contribution in [0.2, 0.25) is 4.47 Å². The van der Waals surface area contributed by atoms with Gasteiger partial charge in [-0.25, -0.2) is 9.97 Å². The van der Waals surface area contributed by atoms with E-state index < -0.39 is 33.8 Å². The Kier molecular flexibility index (Phi) is 5.76. The van der Waals surface area contributed by atoms with Gasteiger partial charge in [-0.15, -0.1) is 11.3 Å². The zero-order valence-corrected chi connectivity index (χ0v) is 12.4. The first kappa shape index (κ1) is 18.6. The van der Waals surface area contributed by atoms with Crippen LogP contribution < -0.4 is 5.73 Å². The summed E-state index contributed by atoms with van der Waals surface area (Å²) in [5.74, 6) is -1.18. The molecule has 13 heteroatoms. The molecule has 0 radical (unpaired) electrons. The lowest BCUT2D eigenvalue weighted by atomic mass is 10.3. The van der Waals surface area contributed by atoms with Crippen LogP contribution in [0.1, 0.15) is 20.4 Å². The smallest absolute Gasteiger partial charge is 0.365 e. The van der Waals surface area contributed by atoms with E-state index in [1.54, 1.807) is 0 Å². The molecule has 2 rings (SSSR count). The van der Waals surface area contributed by atoms with Crippen molar-refractivity contribution >= 4 is 40.2 Å². The number of nitrogens with two attached hydrogens (primary N) is 1. The van der Waals surface area contributed by atoms with Crippen molar-refractivity contribution < 1.29 is 31.1 Å². The largest absolute Gasteiger partial charge is 0.443 e. The Morgan fingerprint density at radius 3 is 2.05 bits per heavy atom. The van der Waals surface area contributed by atoms with Crippen molar-refractivity contribution in [2.45, 2.75) is 12.4 Å². The maximum Gasteiger partial charge on any atom is 0.443 e. The second kappa shape index (κ2) is 6.79. The fourth-order valence-corrected chi connectivity index (χ4v) is 2.50. The highest BCUT2D eigenvalue weighted by atomic mass is 35.5. The fraction of sp³-hybridized carbons (Fsp3) is 0.222. The van der Waals surface area contributed by atoms with Gasteiger partial charge in [0.15, 0.2) is 15.2 Å². The molecule has 0 saturated carbocycles. The Labute approximate surface area is 131 Å². The molecule has 0 aliphatic heterocycles. The Bertz CT molecular complexity index is 637. The molecule has 2 aromatic rings. The topological polar surface area (TPSA) is 68.9 Å². The Balaban J connectivity index is 0.000000235. The van der Waals surface area contributed by atoms with E-state index in [2.05, 4.69) is 9.97 Å². The maximum absolute atomic E-state index is 12.1. The van der Waals surface area contributed by atoms with E-state index in [1.807, 2.05) is 0 Å². The van der Waals surface area contributed by atoms with Crippen LogP contribution in [-0.4, -0.2) is 15.9 Å². The number of amides is 1. The Morgan fingerprint density at radius 2 is 1.77 bits per heavy atom. The summed E-state index contributed by atoms with van der Waals surface area (Å²) < 4.78 is 70.6.